The van der Waals surface area contributed by atoms with Crippen molar-refractivity contribution in [1.82, 2.24) is 0 Å². The van der Waals surface area contributed by atoms with Gasteiger partial charge in [-0.05, 0) is 0 Å². The fourth-order valence-corrected chi connectivity index (χ4v) is 2.76. The molecule has 0 bridgehead atoms. The molecule has 0 amide bonds. The first kappa shape index (κ1) is 33.7. The molecular formula is C12H28O16S4. The van der Waals surface area contributed by atoms with Gasteiger partial charge in [0, 0.05) is 0 Å². The molecule has 0 fully saturated rings. The summed E-state index contributed by atoms with van der Waals surface area (Å²) in [5.41, 5.74) is 0. The Bertz CT molecular complexity index is 792. The van der Waals surface area contributed by atoms with Crippen molar-refractivity contribution in [2.75, 3.05) is 51.5 Å². The maximum Gasteiger partial charge on any atom is 0.264 e. The van der Waals surface area contributed by atoms with Crippen LogP contribution in [0.15, 0.2) is 0 Å². The Morgan fingerprint density at radius 3 is 0.656 bits per heavy atom. The minimum atomic E-state index is -3.73. The van der Waals surface area contributed by atoms with Gasteiger partial charge < -0.3 is 20.4 Å². The summed E-state index contributed by atoms with van der Waals surface area (Å²) in [5, 5.41) is 36.7. The zero-order chi connectivity index (χ0) is 26.0. The molecule has 0 aromatic carbocycles. The van der Waals surface area contributed by atoms with Gasteiger partial charge in [0.05, 0.1) is 51.5 Å². The normalized spacial score (nSPS) is 17.0. The highest BCUT2D eigenvalue weighted by Gasteiger charge is 2.21. The average molecular weight is 557 g/mol. The Kier molecular flexibility index (Phi) is 14.7. The van der Waals surface area contributed by atoms with Crippen molar-refractivity contribution in [3.63, 3.8) is 0 Å². The second-order valence-corrected chi connectivity index (χ2v) is 12.8. The number of hydrogen-bond acceptors (Lipinski definition) is 16. The van der Waals surface area contributed by atoms with Crippen LogP contribution in [0.3, 0.4) is 0 Å². The predicted octanol–water partition coefficient (Wildman–Crippen LogP) is -4.68. The Balaban J connectivity index is 0. The van der Waals surface area contributed by atoms with E-state index < -0.39 is 91.3 Å². The van der Waals surface area contributed by atoms with Crippen LogP contribution in [0.5, 0.6) is 0 Å². The van der Waals surface area contributed by atoms with E-state index in [9.17, 15) is 33.7 Å². The fraction of sp³-hybridized carbons (Fsp3) is 1.00. The zero-order valence-electron chi connectivity index (χ0n) is 17.5. The topological polar surface area (TPSA) is 254 Å². The van der Waals surface area contributed by atoms with Gasteiger partial charge in [-0.3, -0.25) is 16.7 Å². The highest BCUT2D eigenvalue weighted by atomic mass is 32.2. The molecule has 20 heteroatoms. The summed E-state index contributed by atoms with van der Waals surface area (Å²) >= 11 is 0. The molecule has 16 nitrogen and oxygen atoms in total. The van der Waals surface area contributed by atoms with E-state index in [2.05, 4.69) is 16.7 Å². The van der Waals surface area contributed by atoms with E-state index in [-0.39, 0.29) is 0 Å². The van der Waals surface area contributed by atoms with Crippen molar-refractivity contribution in [2.24, 2.45) is 0 Å². The third kappa shape index (κ3) is 24.1. The van der Waals surface area contributed by atoms with Gasteiger partial charge in [-0.25, -0.2) is 0 Å². The van der Waals surface area contributed by atoms with Crippen LogP contribution in [-0.4, -0.2) is 130 Å². The van der Waals surface area contributed by atoms with Gasteiger partial charge in [0.1, 0.15) is 24.4 Å². The SMILES string of the molecule is CS(=O)(=O)OC[C@H](O)[C@@H](O)COS(C)(=O)=O.CS(=O)(=O)OC[C@H](O)[C@@H](O)COS(C)(=O)=O. The summed E-state index contributed by atoms with van der Waals surface area (Å²) in [6.07, 6.45) is -3.13. The van der Waals surface area contributed by atoms with Gasteiger partial charge >= 0.3 is 0 Å². The van der Waals surface area contributed by atoms with E-state index in [1.165, 1.54) is 0 Å². The maximum absolute atomic E-state index is 10.5. The molecule has 0 saturated carbocycles. The highest BCUT2D eigenvalue weighted by Crippen LogP contribution is 2.01. The lowest BCUT2D eigenvalue weighted by Crippen LogP contribution is -2.35. The van der Waals surface area contributed by atoms with Gasteiger partial charge in [-0.2, -0.15) is 33.7 Å². The van der Waals surface area contributed by atoms with Crippen molar-refractivity contribution >= 4 is 40.5 Å². The monoisotopic (exact) mass is 556 g/mol. The smallest absolute Gasteiger partial charge is 0.264 e. The lowest BCUT2D eigenvalue weighted by Gasteiger charge is -2.16. The molecule has 4 N–H and O–H groups in total. The molecule has 0 unspecified atom stereocenters. The Morgan fingerprint density at radius 1 is 0.438 bits per heavy atom. The van der Waals surface area contributed by atoms with Crippen molar-refractivity contribution < 1.29 is 70.8 Å². The van der Waals surface area contributed by atoms with E-state index >= 15 is 0 Å². The predicted molar refractivity (Wildman–Crippen MR) is 107 cm³/mol. The van der Waals surface area contributed by atoms with Gasteiger partial charge in [0.2, 0.25) is 0 Å². The molecule has 0 aromatic rings. The van der Waals surface area contributed by atoms with Gasteiger partial charge in [-0.15, -0.1) is 0 Å². The molecule has 0 rings (SSSR count). The van der Waals surface area contributed by atoms with Crippen LogP contribution in [0.25, 0.3) is 0 Å². The number of rotatable bonds is 14. The third-order valence-electron chi connectivity index (χ3n) is 2.70. The molecule has 0 aromatic heterocycles. The number of aliphatic hydroxyl groups excluding tert-OH is 4. The van der Waals surface area contributed by atoms with Crippen LogP contribution >= 0.6 is 0 Å². The van der Waals surface area contributed by atoms with Crippen LogP contribution in [0.4, 0.5) is 0 Å². The molecule has 0 saturated heterocycles. The Morgan fingerprint density at radius 2 is 0.562 bits per heavy atom. The first-order valence-corrected chi connectivity index (χ1v) is 15.4. The van der Waals surface area contributed by atoms with Crippen molar-refractivity contribution in [3.05, 3.63) is 0 Å². The lowest BCUT2D eigenvalue weighted by molar-refractivity contribution is -0.0264. The zero-order valence-corrected chi connectivity index (χ0v) is 20.7. The summed E-state index contributed by atoms with van der Waals surface area (Å²) in [7, 11) is -14.9. The minimum Gasteiger partial charge on any atom is -0.388 e. The summed E-state index contributed by atoms with van der Waals surface area (Å²) in [4.78, 5) is 0. The van der Waals surface area contributed by atoms with Crippen molar-refractivity contribution in [2.45, 2.75) is 24.4 Å². The molecule has 0 aliphatic carbocycles. The van der Waals surface area contributed by atoms with E-state index in [1.54, 1.807) is 0 Å². The Hall–Kier alpha value is -0.520. The number of aliphatic hydroxyl groups is 4. The van der Waals surface area contributed by atoms with Crippen LogP contribution in [0, 0.1) is 0 Å². The van der Waals surface area contributed by atoms with E-state index in [1.807, 2.05) is 0 Å². The average Bonchev–Trinajstić information content (AvgIpc) is 2.58. The van der Waals surface area contributed by atoms with Crippen molar-refractivity contribution in [1.29, 1.82) is 0 Å². The second kappa shape index (κ2) is 14.0. The van der Waals surface area contributed by atoms with Gasteiger partial charge in [0.25, 0.3) is 40.5 Å². The van der Waals surface area contributed by atoms with E-state index in [0.29, 0.717) is 0 Å². The van der Waals surface area contributed by atoms with Crippen LogP contribution in [0.2, 0.25) is 0 Å². The maximum atomic E-state index is 10.5. The van der Waals surface area contributed by atoms with E-state index in [4.69, 9.17) is 20.4 Å². The number of hydrogen-bond donors (Lipinski definition) is 4. The third-order valence-corrected chi connectivity index (χ3v) is 4.96. The minimum absolute atomic E-state index is 0.673. The molecule has 196 valence electrons. The summed E-state index contributed by atoms with van der Waals surface area (Å²) in [6, 6.07) is 0. The molecule has 0 radical (unpaired) electrons. The summed E-state index contributed by atoms with van der Waals surface area (Å²) in [5.74, 6) is 0. The van der Waals surface area contributed by atoms with Gasteiger partial charge in [-0.1, -0.05) is 0 Å². The van der Waals surface area contributed by atoms with Gasteiger partial charge in [0.15, 0.2) is 0 Å². The summed E-state index contributed by atoms with van der Waals surface area (Å²) in [6.45, 7) is -2.69. The largest absolute Gasteiger partial charge is 0.388 e. The molecule has 0 heterocycles. The molecule has 0 spiro atoms. The van der Waals surface area contributed by atoms with E-state index in [0.717, 1.165) is 25.0 Å². The highest BCUT2D eigenvalue weighted by molar-refractivity contribution is 7.86. The first-order chi connectivity index (χ1) is 14.0. The molecular weight excluding hydrogens is 528 g/mol. The molecule has 0 aliphatic heterocycles. The lowest BCUT2D eigenvalue weighted by atomic mass is 10.2. The van der Waals surface area contributed by atoms with Crippen molar-refractivity contribution in [3.8, 4) is 0 Å². The fourth-order valence-electron chi connectivity index (χ4n) is 1.22. The molecule has 4 atom stereocenters. The second-order valence-electron chi connectivity index (χ2n) is 6.22. The molecule has 0 aliphatic rings. The summed E-state index contributed by atoms with van der Waals surface area (Å²) < 4.78 is 101. The quantitative estimate of drug-likeness (QED) is 0.147. The Labute approximate surface area is 187 Å². The molecule has 32 heavy (non-hydrogen) atoms. The standard InChI is InChI=1S/2C6H14O8S2/c2*1-15(9,10)13-3-5(7)6(8)4-14-16(2,11)12/h2*5-8H,3-4H2,1-2H3/t2*5-,6-/m00/s1. The van der Waals surface area contributed by atoms with Crippen LogP contribution < -0.4 is 0 Å². The van der Waals surface area contributed by atoms with Crippen LogP contribution in [0.1, 0.15) is 0 Å². The van der Waals surface area contributed by atoms with Crippen LogP contribution in [-0.2, 0) is 57.2 Å². The first-order valence-electron chi connectivity index (χ1n) is 8.12.